The van der Waals surface area contributed by atoms with E-state index in [1.165, 1.54) is 5.56 Å². The molecule has 1 spiro atoms. The minimum absolute atomic E-state index is 0.0260. The molecule has 8 heteroatoms. The number of rotatable bonds is 11. The van der Waals surface area contributed by atoms with Crippen LogP contribution in [0.3, 0.4) is 0 Å². The van der Waals surface area contributed by atoms with E-state index in [2.05, 4.69) is 59.5 Å². The maximum atomic E-state index is 13.4. The van der Waals surface area contributed by atoms with E-state index < -0.39 is 0 Å². The molecule has 33 heavy (non-hydrogen) atoms. The number of nitrogens with zero attached hydrogens (tertiary/aromatic N) is 3. The molecule has 0 bridgehead atoms. The Morgan fingerprint density at radius 2 is 1.85 bits per heavy atom. The summed E-state index contributed by atoms with van der Waals surface area (Å²) in [7, 11) is 5.99. The Labute approximate surface area is 197 Å². The van der Waals surface area contributed by atoms with Gasteiger partial charge in [0.2, 0.25) is 5.91 Å². The Bertz CT molecular complexity index is 778. The normalized spacial score (nSPS) is 25.3. The third-order valence-electron chi connectivity index (χ3n) is 7.51. The van der Waals surface area contributed by atoms with Crippen LogP contribution in [0.1, 0.15) is 44.1 Å². The van der Waals surface area contributed by atoms with Crippen LogP contribution in [-0.2, 0) is 15.1 Å². The number of methoxy groups -OCH3 is 1. The van der Waals surface area contributed by atoms with Crippen molar-refractivity contribution < 1.29 is 19.4 Å². The maximum absolute atomic E-state index is 13.4. The zero-order chi connectivity index (χ0) is 23.9. The summed E-state index contributed by atoms with van der Waals surface area (Å²) in [5.74, 6) is -0.136. The van der Waals surface area contributed by atoms with Crippen LogP contribution in [0.15, 0.2) is 30.3 Å². The monoisotopic (exact) mass is 460 g/mol. The van der Waals surface area contributed by atoms with Gasteiger partial charge in [0.1, 0.15) is 0 Å². The second-order valence-electron chi connectivity index (χ2n) is 9.54. The fraction of sp³-hybridized carbons (Fsp3) is 0.680. The lowest BCUT2D eigenvalue weighted by Crippen LogP contribution is -2.55. The quantitative estimate of drug-likeness (QED) is 0.494. The molecule has 2 fully saturated rings. The number of hydrogen-bond acceptors (Lipinski definition) is 5. The number of aliphatic hydroxyl groups excluding tert-OH is 1. The molecule has 3 amide bonds. The lowest BCUT2D eigenvalue weighted by atomic mass is 9.68. The van der Waals surface area contributed by atoms with Gasteiger partial charge in [-0.15, -0.1) is 0 Å². The first-order valence-electron chi connectivity index (χ1n) is 12.0. The second kappa shape index (κ2) is 11.3. The summed E-state index contributed by atoms with van der Waals surface area (Å²) in [6, 6.07) is 10.7. The molecular formula is C25H40N4O4. The first-order valence-corrected chi connectivity index (χ1v) is 12.0. The van der Waals surface area contributed by atoms with Crippen molar-refractivity contribution in [2.24, 2.45) is 0 Å². The van der Waals surface area contributed by atoms with E-state index in [0.29, 0.717) is 26.2 Å². The van der Waals surface area contributed by atoms with Gasteiger partial charge in [-0.3, -0.25) is 9.69 Å². The molecule has 0 atom stereocenters. The first kappa shape index (κ1) is 25.5. The van der Waals surface area contributed by atoms with Crippen molar-refractivity contribution in [1.82, 2.24) is 20.0 Å². The Balaban J connectivity index is 1.75. The summed E-state index contributed by atoms with van der Waals surface area (Å²) in [5.41, 5.74) is 1.09. The van der Waals surface area contributed by atoms with E-state index in [-0.39, 0.29) is 42.6 Å². The Kier molecular flexibility index (Phi) is 8.73. The summed E-state index contributed by atoms with van der Waals surface area (Å²) in [4.78, 5) is 31.7. The van der Waals surface area contributed by atoms with Gasteiger partial charge in [0.15, 0.2) is 0 Å². The van der Waals surface area contributed by atoms with E-state index in [0.717, 1.165) is 32.1 Å². The van der Waals surface area contributed by atoms with Gasteiger partial charge in [-0.05, 0) is 51.8 Å². The van der Waals surface area contributed by atoms with Crippen LogP contribution in [0.2, 0.25) is 0 Å². The van der Waals surface area contributed by atoms with Gasteiger partial charge in [-0.2, -0.15) is 0 Å². The minimum Gasteiger partial charge on any atom is -0.395 e. The SMILES string of the molecule is COCCCN1C(=O)N(CCC(=O)NCCO)C[C@]12CC[C@@](c1ccccc1)(N(C)C)CC2. The number of hydrogen-bond donors (Lipinski definition) is 2. The molecule has 1 saturated carbocycles. The third kappa shape index (κ3) is 5.50. The predicted molar refractivity (Wildman–Crippen MR) is 128 cm³/mol. The van der Waals surface area contributed by atoms with Crippen LogP contribution >= 0.6 is 0 Å². The number of urea groups is 1. The van der Waals surface area contributed by atoms with Gasteiger partial charge in [-0.1, -0.05) is 30.3 Å². The Hall–Kier alpha value is -2.16. The van der Waals surface area contributed by atoms with Crippen LogP contribution in [0.25, 0.3) is 0 Å². The average molecular weight is 461 g/mol. The molecule has 1 aliphatic heterocycles. The molecule has 8 nitrogen and oxygen atoms in total. The highest BCUT2D eigenvalue weighted by molar-refractivity contribution is 5.80. The summed E-state index contributed by atoms with van der Waals surface area (Å²) in [5, 5.41) is 11.6. The van der Waals surface area contributed by atoms with Gasteiger partial charge in [-0.25, -0.2) is 4.79 Å². The van der Waals surface area contributed by atoms with Crippen molar-refractivity contribution in [2.45, 2.75) is 49.6 Å². The zero-order valence-electron chi connectivity index (χ0n) is 20.4. The Morgan fingerprint density at radius 1 is 1.15 bits per heavy atom. The number of benzene rings is 1. The fourth-order valence-corrected chi connectivity index (χ4v) is 5.58. The Morgan fingerprint density at radius 3 is 2.45 bits per heavy atom. The van der Waals surface area contributed by atoms with Crippen molar-refractivity contribution in [3.63, 3.8) is 0 Å². The summed E-state index contributed by atoms with van der Waals surface area (Å²) in [6.07, 6.45) is 4.84. The molecule has 1 saturated heterocycles. The van der Waals surface area contributed by atoms with Crippen LogP contribution in [0.4, 0.5) is 4.79 Å². The number of amides is 3. The molecule has 2 N–H and O–H groups in total. The smallest absolute Gasteiger partial charge is 0.320 e. The number of carbonyl (C=O) groups is 2. The number of nitrogens with one attached hydrogen (secondary N) is 1. The van der Waals surface area contributed by atoms with E-state index in [4.69, 9.17) is 9.84 Å². The van der Waals surface area contributed by atoms with E-state index in [9.17, 15) is 9.59 Å². The van der Waals surface area contributed by atoms with Crippen LogP contribution in [-0.4, -0.2) is 97.9 Å². The fourth-order valence-electron chi connectivity index (χ4n) is 5.58. The van der Waals surface area contributed by atoms with Crippen LogP contribution < -0.4 is 5.32 Å². The van der Waals surface area contributed by atoms with Gasteiger partial charge >= 0.3 is 6.03 Å². The van der Waals surface area contributed by atoms with Crippen LogP contribution in [0.5, 0.6) is 0 Å². The number of ether oxygens (including phenoxy) is 1. The minimum atomic E-state index is -0.208. The van der Waals surface area contributed by atoms with Gasteiger partial charge < -0.3 is 25.0 Å². The lowest BCUT2D eigenvalue weighted by Gasteiger charge is -2.51. The molecule has 0 aromatic heterocycles. The molecular weight excluding hydrogens is 420 g/mol. The maximum Gasteiger partial charge on any atom is 0.320 e. The lowest BCUT2D eigenvalue weighted by molar-refractivity contribution is -0.121. The summed E-state index contributed by atoms with van der Waals surface area (Å²) < 4.78 is 5.25. The van der Waals surface area contributed by atoms with E-state index >= 15 is 0 Å². The highest BCUT2D eigenvalue weighted by Crippen LogP contribution is 2.48. The first-order chi connectivity index (χ1) is 15.9. The number of carbonyl (C=O) groups excluding carboxylic acids is 2. The van der Waals surface area contributed by atoms with Crippen molar-refractivity contribution >= 4 is 11.9 Å². The number of aliphatic hydroxyl groups is 1. The van der Waals surface area contributed by atoms with Gasteiger partial charge in [0.05, 0.1) is 12.1 Å². The van der Waals surface area contributed by atoms with Crippen molar-refractivity contribution in [1.29, 1.82) is 0 Å². The molecule has 3 rings (SSSR count). The molecule has 1 aromatic rings. The van der Waals surface area contributed by atoms with E-state index in [1.54, 1.807) is 7.11 Å². The molecule has 0 radical (unpaired) electrons. The predicted octanol–water partition coefficient (Wildman–Crippen LogP) is 2.03. The highest BCUT2D eigenvalue weighted by Gasteiger charge is 2.54. The molecule has 2 aliphatic rings. The van der Waals surface area contributed by atoms with Crippen molar-refractivity contribution in [3.8, 4) is 0 Å². The molecule has 1 aromatic carbocycles. The molecule has 0 unspecified atom stereocenters. The highest BCUT2D eigenvalue weighted by atomic mass is 16.5. The van der Waals surface area contributed by atoms with Gasteiger partial charge in [0.25, 0.3) is 0 Å². The second-order valence-corrected chi connectivity index (χ2v) is 9.54. The molecule has 1 heterocycles. The topological polar surface area (TPSA) is 85.3 Å². The average Bonchev–Trinajstić information content (AvgIpc) is 3.08. The standard InChI is InChI=1S/C25H40N4O4/c1-27(2)25(21-8-5-4-6-9-21)13-11-24(12-14-25)20-28(17-10-22(31)26-15-18-30)23(32)29(24)16-7-19-33-3/h4-6,8-9,30H,7,10-20H2,1-3H3,(H,26,31)/t24-,25-. The van der Waals surface area contributed by atoms with Gasteiger partial charge in [0, 0.05) is 51.9 Å². The van der Waals surface area contributed by atoms with Crippen LogP contribution in [0, 0.1) is 0 Å². The largest absolute Gasteiger partial charge is 0.395 e. The summed E-state index contributed by atoms with van der Waals surface area (Å²) in [6.45, 7) is 2.50. The molecule has 184 valence electrons. The third-order valence-corrected chi connectivity index (χ3v) is 7.51. The molecule has 1 aliphatic carbocycles. The zero-order valence-corrected chi connectivity index (χ0v) is 20.4. The van der Waals surface area contributed by atoms with Crippen molar-refractivity contribution in [2.75, 3.05) is 60.6 Å². The van der Waals surface area contributed by atoms with E-state index in [1.807, 2.05) is 4.90 Å². The summed E-state index contributed by atoms with van der Waals surface area (Å²) >= 11 is 0. The van der Waals surface area contributed by atoms with Crippen molar-refractivity contribution in [3.05, 3.63) is 35.9 Å².